The Morgan fingerprint density at radius 1 is 1.32 bits per heavy atom. The Labute approximate surface area is 105 Å². The number of aliphatic carboxylic acids is 1. The van der Waals surface area contributed by atoms with Crippen LogP contribution in [0, 0.1) is 11.6 Å². The Hall–Kier alpha value is -2.57. The van der Waals surface area contributed by atoms with Crippen molar-refractivity contribution >= 4 is 23.3 Å². The lowest BCUT2D eigenvalue weighted by molar-refractivity contribution is -0.131. The SMILES string of the molecule is O=C(O)/C=C/CN1C(=O)C(=O)c2cc(F)cc(F)c21. The number of carbonyl (C=O) groups excluding carboxylic acids is 2. The molecule has 1 N–H and O–H groups in total. The number of ketones is 1. The van der Waals surface area contributed by atoms with E-state index in [1.165, 1.54) is 0 Å². The van der Waals surface area contributed by atoms with Crippen LogP contribution in [0.1, 0.15) is 10.4 Å². The number of Topliss-reactive ketones (excluding diaryl/α,β-unsaturated/α-hetero) is 1. The van der Waals surface area contributed by atoms with Gasteiger partial charge in [-0.25, -0.2) is 13.6 Å². The van der Waals surface area contributed by atoms with E-state index in [4.69, 9.17) is 5.11 Å². The van der Waals surface area contributed by atoms with Crippen molar-refractivity contribution in [1.82, 2.24) is 0 Å². The molecular weight excluding hydrogens is 260 g/mol. The maximum atomic E-state index is 13.6. The van der Waals surface area contributed by atoms with E-state index in [9.17, 15) is 23.2 Å². The zero-order chi connectivity index (χ0) is 14.2. The topological polar surface area (TPSA) is 74.7 Å². The third-order valence-electron chi connectivity index (χ3n) is 2.53. The van der Waals surface area contributed by atoms with Crippen molar-refractivity contribution < 1.29 is 28.3 Å². The number of hydrogen-bond acceptors (Lipinski definition) is 3. The molecule has 1 heterocycles. The van der Waals surface area contributed by atoms with E-state index in [1.54, 1.807) is 0 Å². The maximum Gasteiger partial charge on any atom is 0.328 e. The van der Waals surface area contributed by atoms with Crippen molar-refractivity contribution in [2.24, 2.45) is 0 Å². The number of carbonyl (C=O) groups is 3. The van der Waals surface area contributed by atoms with Gasteiger partial charge in [-0.15, -0.1) is 0 Å². The molecule has 1 aliphatic rings. The first-order chi connectivity index (χ1) is 8.91. The average molecular weight is 267 g/mol. The van der Waals surface area contributed by atoms with Crippen LogP contribution < -0.4 is 4.90 Å². The molecule has 0 saturated heterocycles. The first-order valence-corrected chi connectivity index (χ1v) is 5.16. The number of carboxylic acid groups (broad SMARTS) is 1. The highest BCUT2D eigenvalue weighted by atomic mass is 19.1. The fourth-order valence-corrected chi connectivity index (χ4v) is 1.79. The van der Waals surface area contributed by atoms with Gasteiger partial charge in [0.1, 0.15) is 5.82 Å². The van der Waals surface area contributed by atoms with Crippen molar-refractivity contribution in [2.75, 3.05) is 11.4 Å². The highest BCUT2D eigenvalue weighted by Gasteiger charge is 2.38. The first kappa shape index (κ1) is 12.9. The molecule has 0 aromatic heterocycles. The summed E-state index contributed by atoms with van der Waals surface area (Å²) in [5.74, 6) is -5.28. The monoisotopic (exact) mass is 267 g/mol. The molecule has 0 aliphatic carbocycles. The van der Waals surface area contributed by atoms with Gasteiger partial charge < -0.3 is 5.11 Å². The van der Waals surface area contributed by atoms with Gasteiger partial charge in [0.2, 0.25) is 0 Å². The average Bonchev–Trinajstić information content (AvgIpc) is 2.54. The minimum absolute atomic E-state index is 0.285. The molecule has 1 amide bonds. The number of amides is 1. The van der Waals surface area contributed by atoms with E-state index in [0.717, 1.165) is 23.1 Å². The largest absolute Gasteiger partial charge is 0.478 e. The molecule has 1 aliphatic heterocycles. The molecule has 0 spiro atoms. The summed E-state index contributed by atoms with van der Waals surface area (Å²) in [5, 5.41) is 8.41. The number of benzene rings is 1. The molecule has 0 bridgehead atoms. The normalized spacial score (nSPS) is 14.3. The zero-order valence-electron chi connectivity index (χ0n) is 9.39. The fourth-order valence-electron chi connectivity index (χ4n) is 1.79. The lowest BCUT2D eigenvalue weighted by atomic mass is 10.1. The molecule has 19 heavy (non-hydrogen) atoms. The van der Waals surface area contributed by atoms with Gasteiger partial charge in [-0.05, 0) is 6.07 Å². The second-order valence-electron chi connectivity index (χ2n) is 3.77. The second kappa shape index (κ2) is 4.60. The van der Waals surface area contributed by atoms with E-state index >= 15 is 0 Å². The molecule has 2 rings (SSSR count). The van der Waals surface area contributed by atoms with Crippen LogP contribution in [0.5, 0.6) is 0 Å². The van der Waals surface area contributed by atoms with E-state index in [-0.39, 0.29) is 17.8 Å². The molecular formula is C12H7F2NO4. The van der Waals surface area contributed by atoms with E-state index in [0.29, 0.717) is 6.07 Å². The number of carboxylic acids is 1. The summed E-state index contributed by atoms with van der Waals surface area (Å²) >= 11 is 0. The van der Waals surface area contributed by atoms with Crippen molar-refractivity contribution in [1.29, 1.82) is 0 Å². The molecule has 1 aromatic carbocycles. The molecule has 7 heteroatoms. The van der Waals surface area contributed by atoms with Gasteiger partial charge in [-0.1, -0.05) is 6.08 Å². The third kappa shape index (κ3) is 2.22. The van der Waals surface area contributed by atoms with Crippen LogP contribution in [-0.4, -0.2) is 29.3 Å². The van der Waals surface area contributed by atoms with E-state index in [2.05, 4.69) is 0 Å². The van der Waals surface area contributed by atoms with Gasteiger partial charge in [-0.2, -0.15) is 0 Å². The van der Waals surface area contributed by atoms with Crippen LogP contribution in [0.25, 0.3) is 0 Å². The van der Waals surface area contributed by atoms with Crippen molar-refractivity contribution in [3.05, 3.63) is 41.5 Å². The summed E-state index contributed by atoms with van der Waals surface area (Å²) < 4.78 is 26.6. The van der Waals surface area contributed by atoms with Gasteiger partial charge in [0.15, 0.2) is 5.82 Å². The van der Waals surface area contributed by atoms with Crippen LogP contribution >= 0.6 is 0 Å². The lowest BCUT2D eigenvalue weighted by Crippen LogP contribution is -2.30. The third-order valence-corrected chi connectivity index (χ3v) is 2.53. The number of nitrogens with zero attached hydrogens (tertiary/aromatic N) is 1. The predicted molar refractivity (Wildman–Crippen MR) is 59.8 cm³/mol. The number of rotatable bonds is 3. The van der Waals surface area contributed by atoms with Crippen molar-refractivity contribution in [3.8, 4) is 0 Å². The molecule has 0 atom stereocenters. The predicted octanol–water partition coefficient (Wildman–Crippen LogP) is 1.13. The number of halogens is 2. The van der Waals surface area contributed by atoms with Gasteiger partial charge in [0.25, 0.3) is 11.7 Å². The summed E-state index contributed by atoms with van der Waals surface area (Å²) in [5.41, 5.74) is -0.683. The number of anilines is 1. The van der Waals surface area contributed by atoms with Crippen LogP contribution in [0.3, 0.4) is 0 Å². The fraction of sp³-hybridized carbons (Fsp3) is 0.0833. The van der Waals surface area contributed by atoms with Gasteiger partial charge in [-0.3, -0.25) is 14.5 Å². The molecule has 0 radical (unpaired) electrons. The van der Waals surface area contributed by atoms with Crippen LogP contribution in [-0.2, 0) is 9.59 Å². The first-order valence-electron chi connectivity index (χ1n) is 5.16. The number of fused-ring (bicyclic) bond motifs is 1. The smallest absolute Gasteiger partial charge is 0.328 e. The summed E-state index contributed by atoms with van der Waals surface area (Å²) in [7, 11) is 0. The van der Waals surface area contributed by atoms with E-state index in [1.807, 2.05) is 0 Å². The standard InChI is InChI=1S/C12H7F2NO4/c13-6-4-7-10(8(14)5-6)15(12(19)11(7)18)3-1-2-9(16)17/h1-2,4-5H,3H2,(H,16,17)/b2-1+. The van der Waals surface area contributed by atoms with Crippen LogP contribution in [0.15, 0.2) is 24.3 Å². The lowest BCUT2D eigenvalue weighted by Gasteiger charge is -2.14. The molecule has 1 aromatic rings. The minimum Gasteiger partial charge on any atom is -0.478 e. The van der Waals surface area contributed by atoms with Crippen LogP contribution in [0.2, 0.25) is 0 Å². The highest BCUT2D eigenvalue weighted by molar-refractivity contribution is 6.52. The van der Waals surface area contributed by atoms with Gasteiger partial charge in [0.05, 0.1) is 11.3 Å². The summed E-state index contributed by atoms with van der Waals surface area (Å²) in [6.45, 7) is -0.285. The summed E-state index contributed by atoms with van der Waals surface area (Å²) in [6.07, 6.45) is 1.85. The Morgan fingerprint density at radius 2 is 2.00 bits per heavy atom. The molecule has 0 fully saturated rings. The van der Waals surface area contributed by atoms with Gasteiger partial charge >= 0.3 is 5.97 Å². The summed E-state index contributed by atoms with van der Waals surface area (Å²) in [4.78, 5) is 34.2. The van der Waals surface area contributed by atoms with Crippen LogP contribution in [0.4, 0.5) is 14.5 Å². The second-order valence-corrected chi connectivity index (χ2v) is 3.77. The summed E-state index contributed by atoms with van der Waals surface area (Å²) in [6, 6.07) is 1.33. The Kier molecular flexibility index (Phi) is 3.12. The van der Waals surface area contributed by atoms with Crippen molar-refractivity contribution in [3.63, 3.8) is 0 Å². The zero-order valence-corrected chi connectivity index (χ0v) is 9.39. The van der Waals surface area contributed by atoms with Crippen molar-refractivity contribution in [2.45, 2.75) is 0 Å². The molecule has 0 unspecified atom stereocenters. The molecule has 98 valence electrons. The Balaban J connectivity index is 2.41. The Morgan fingerprint density at radius 3 is 2.63 bits per heavy atom. The highest BCUT2D eigenvalue weighted by Crippen LogP contribution is 2.32. The van der Waals surface area contributed by atoms with E-state index < -0.39 is 29.3 Å². The number of hydrogen-bond donors (Lipinski definition) is 1. The minimum atomic E-state index is -1.24. The maximum absolute atomic E-state index is 13.6. The molecule has 5 nitrogen and oxygen atoms in total. The quantitative estimate of drug-likeness (QED) is 0.658. The Bertz CT molecular complexity index is 624. The van der Waals surface area contributed by atoms with Gasteiger partial charge in [0, 0.05) is 18.7 Å². The molecule has 0 saturated carbocycles.